The van der Waals surface area contributed by atoms with Crippen molar-refractivity contribution in [3.8, 4) is 0 Å². The monoisotopic (exact) mass is 404 g/mol. The number of ether oxygens (including phenoxy) is 3. The van der Waals surface area contributed by atoms with Gasteiger partial charge in [0.15, 0.2) is 0 Å². The number of hydrogen-bond donors (Lipinski definition) is 0. The summed E-state index contributed by atoms with van der Waals surface area (Å²) in [6.07, 6.45) is 8.42. The molecule has 1 saturated heterocycles. The lowest BCUT2D eigenvalue weighted by Crippen LogP contribution is -2.64. The fraction of sp³-hybridized carbons (Fsp3) is 0.917. The second kappa shape index (κ2) is 5.99. The van der Waals surface area contributed by atoms with Crippen molar-refractivity contribution in [2.75, 3.05) is 6.61 Å². The molecule has 5 nitrogen and oxygen atoms in total. The second-order valence-corrected chi connectivity index (χ2v) is 11.6. The molecule has 4 aliphatic carbocycles. The average Bonchev–Trinajstić information content (AvgIpc) is 3.41. The van der Waals surface area contributed by atoms with Gasteiger partial charge in [-0.3, -0.25) is 9.59 Å². The summed E-state index contributed by atoms with van der Waals surface area (Å²) in [5, 5.41) is 0. The minimum atomic E-state index is -0.181. The lowest BCUT2D eigenvalue weighted by atomic mass is 9.39. The summed E-state index contributed by atoms with van der Waals surface area (Å²) in [7, 11) is 0. The van der Waals surface area contributed by atoms with Crippen LogP contribution in [0.1, 0.15) is 79.6 Å². The van der Waals surface area contributed by atoms with Crippen LogP contribution in [0.2, 0.25) is 0 Å². The highest BCUT2D eigenvalue weighted by atomic mass is 16.6. The quantitative estimate of drug-likeness (QED) is 0.519. The fourth-order valence-electron chi connectivity index (χ4n) is 9.06. The summed E-state index contributed by atoms with van der Waals surface area (Å²) in [6.45, 7) is 10.7. The van der Waals surface area contributed by atoms with E-state index in [1.54, 1.807) is 6.92 Å². The maximum Gasteiger partial charge on any atom is 0.302 e. The van der Waals surface area contributed by atoms with E-state index in [1.807, 2.05) is 0 Å². The Morgan fingerprint density at radius 2 is 1.62 bits per heavy atom. The van der Waals surface area contributed by atoms with Gasteiger partial charge in [-0.15, -0.1) is 0 Å². The molecule has 0 aromatic heterocycles. The lowest BCUT2D eigenvalue weighted by Gasteiger charge is -2.66. The van der Waals surface area contributed by atoms with E-state index in [0.29, 0.717) is 18.4 Å². The molecule has 5 aliphatic rings. The van der Waals surface area contributed by atoms with E-state index in [-0.39, 0.29) is 51.9 Å². The van der Waals surface area contributed by atoms with Crippen LogP contribution in [0.5, 0.6) is 0 Å². The lowest BCUT2D eigenvalue weighted by molar-refractivity contribution is -0.237. The van der Waals surface area contributed by atoms with Crippen molar-refractivity contribution >= 4 is 11.9 Å². The Labute approximate surface area is 174 Å². The number of epoxide rings is 1. The Kier molecular flexibility index (Phi) is 4.10. The third-order valence-corrected chi connectivity index (χ3v) is 10.0. The first-order valence-corrected chi connectivity index (χ1v) is 11.5. The van der Waals surface area contributed by atoms with Crippen LogP contribution in [-0.2, 0) is 23.8 Å². The van der Waals surface area contributed by atoms with Gasteiger partial charge in [0.25, 0.3) is 0 Å². The first-order chi connectivity index (χ1) is 13.6. The summed E-state index contributed by atoms with van der Waals surface area (Å²) in [5.74, 6) is 0.691. The molecule has 1 spiro atoms. The second-order valence-electron chi connectivity index (χ2n) is 11.6. The SMILES string of the molecule is CC(=O)OC[C@@]1(C)CCC[C@]2(C)[C@@H]1CC[C@]13C(OC(C)=O)[C@](C)(CC[C@@H]21)[C@H]1O[C@H]13. The van der Waals surface area contributed by atoms with Gasteiger partial charge in [-0.2, -0.15) is 0 Å². The predicted octanol–water partition coefficient (Wildman–Crippen LogP) is 4.27. The highest BCUT2D eigenvalue weighted by molar-refractivity contribution is 5.66. The topological polar surface area (TPSA) is 65.1 Å². The van der Waals surface area contributed by atoms with Crippen molar-refractivity contribution in [1.29, 1.82) is 0 Å². The van der Waals surface area contributed by atoms with E-state index in [4.69, 9.17) is 14.2 Å². The molecule has 0 radical (unpaired) electrons. The van der Waals surface area contributed by atoms with Crippen LogP contribution in [0.15, 0.2) is 0 Å². The predicted molar refractivity (Wildman–Crippen MR) is 107 cm³/mol. The number of hydrogen-bond acceptors (Lipinski definition) is 5. The van der Waals surface area contributed by atoms with Gasteiger partial charge < -0.3 is 14.2 Å². The molecule has 162 valence electrons. The third-order valence-electron chi connectivity index (χ3n) is 10.0. The summed E-state index contributed by atoms with van der Waals surface area (Å²) < 4.78 is 18.0. The molecule has 0 aromatic carbocycles. The van der Waals surface area contributed by atoms with Gasteiger partial charge in [-0.05, 0) is 55.8 Å². The average molecular weight is 405 g/mol. The van der Waals surface area contributed by atoms with Crippen LogP contribution in [0, 0.1) is 33.5 Å². The molecule has 5 heteroatoms. The van der Waals surface area contributed by atoms with Gasteiger partial charge >= 0.3 is 11.9 Å². The van der Waals surface area contributed by atoms with Gasteiger partial charge in [0, 0.05) is 30.1 Å². The Morgan fingerprint density at radius 1 is 0.897 bits per heavy atom. The van der Waals surface area contributed by atoms with E-state index in [1.165, 1.54) is 26.2 Å². The zero-order chi connectivity index (χ0) is 20.8. The van der Waals surface area contributed by atoms with Gasteiger partial charge in [0.05, 0.1) is 18.8 Å². The van der Waals surface area contributed by atoms with Crippen LogP contribution in [-0.4, -0.2) is 36.9 Å². The van der Waals surface area contributed by atoms with Gasteiger partial charge in [0.1, 0.15) is 6.10 Å². The Morgan fingerprint density at radius 3 is 2.31 bits per heavy atom. The van der Waals surface area contributed by atoms with Gasteiger partial charge in [0.2, 0.25) is 0 Å². The zero-order valence-corrected chi connectivity index (χ0v) is 18.6. The van der Waals surface area contributed by atoms with Crippen molar-refractivity contribution in [3.05, 3.63) is 0 Å². The maximum atomic E-state index is 12.1. The largest absolute Gasteiger partial charge is 0.465 e. The molecular formula is C24H36O5. The number of carbonyl (C=O) groups is 2. The number of fused-ring (bicyclic) bond motifs is 5. The molecule has 1 heterocycles. The van der Waals surface area contributed by atoms with E-state index in [9.17, 15) is 9.59 Å². The molecule has 5 fully saturated rings. The zero-order valence-electron chi connectivity index (χ0n) is 18.6. The summed E-state index contributed by atoms with van der Waals surface area (Å²) in [6, 6.07) is 0. The van der Waals surface area contributed by atoms with Crippen LogP contribution in [0.4, 0.5) is 0 Å². The molecule has 0 amide bonds. The van der Waals surface area contributed by atoms with Gasteiger partial charge in [-0.1, -0.05) is 27.2 Å². The van der Waals surface area contributed by atoms with Gasteiger partial charge in [-0.25, -0.2) is 0 Å². The molecule has 5 rings (SSSR count). The normalized spacial score (nSPS) is 54.6. The van der Waals surface area contributed by atoms with E-state index in [2.05, 4.69) is 20.8 Å². The fourth-order valence-corrected chi connectivity index (χ4v) is 9.06. The third kappa shape index (κ3) is 2.43. The van der Waals surface area contributed by atoms with Crippen molar-refractivity contribution in [3.63, 3.8) is 0 Å². The first-order valence-electron chi connectivity index (χ1n) is 11.5. The summed E-state index contributed by atoms with van der Waals surface area (Å²) in [4.78, 5) is 23.6. The Balaban J connectivity index is 1.52. The molecule has 4 saturated carbocycles. The standard InChI is InChI=1S/C24H36O5/c1-14(25)27-13-21(3)9-6-10-22(4)16(21)8-12-24-17(22)7-11-23(5,18-19(24)29-18)20(24)28-15(2)26/h16-20H,6-13H2,1-5H3/t16-,17+,18+,19-,20?,21-,22-,23-,24+/m1/s1. The van der Waals surface area contributed by atoms with Crippen molar-refractivity contribution in [2.45, 2.75) is 97.9 Å². The van der Waals surface area contributed by atoms with Crippen molar-refractivity contribution in [2.24, 2.45) is 33.5 Å². The molecule has 2 bridgehead atoms. The molecule has 1 unspecified atom stereocenters. The molecular weight excluding hydrogens is 368 g/mol. The Bertz CT molecular complexity index is 750. The van der Waals surface area contributed by atoms with E-state index in [0.717, 1.165) is 25.7 Å². The van der Waals surface area contributed by atoms with Crippen LogP contribution >= 0.6 is 0 Å². The molecule has 1 aliphatic heterocycles. The van der Waals surface area contributed by atoms with Crippen LogP contribution in [0.3, 0.4) is 0 Å². The van der Waals surface area contributed by atoms with E-state index < -0.39 is 0 Å². The van der Waals surface area contributed by atoms with Crippen molar-refractivity contribution < 1.29 is 23.8 Å². The number of rotatable bonds is 3. The number of esters is 2. The highest BCUT2D eigenvalue weighted by Gasteiger charge is 2.82. The van der Waals surface area contributed by atoms with Crippen LogP contribution in [0.25, 0.3) is 0 Å². The van der Waals surface area contributed by atoms with Crippen molar-refractivity contribution in [1.82, 2.24) is 0 Å². The Hall–Kier alpha value is -1.10. The maximum absolute atomic E-state index is 12.1. The molecule has 0 aromatic rings. The molecule has 29 heavy (non-hydrogen) atoms. The van der Waals surface area contributed by atoms with Crippen LogP contribution < -0.4 is 0 Å². The minimum absolute atomic E-state index is 0.0190. The molecule has 9 atom stereocenters. The highest BCUT2D eigenvalue weighted by Crippen LogP contribution is 2.78. The summed E-state index contributed by atoms with van der Waals surface area (Å²) in [5.41, 5.74) is 0.131. The van der Waals surface area contributed by atoms with E-state index >= 15 is 0 Å². The molecule has 0 N–H and O–H groups in total. The number of carbonyl (C=O) groups excluding carboxylic acids is 2. The summed E-state index contributed by atoms with van der Waals surface area (Å²) >= 11 is 0. The first kappa shape index (κ1) is 19.8. The smallest absolute Gasteiger partial charge is 0.302 e. The minimum Gasteiger partial charge on any atom is -0.465 e.